The SMILES string of the molecule is CN1CCC2=C(C1)C(C(F)F)Cc1cc(Br)ccc12. The Hall–Kier alpha value is -0.740. The van der Waals surface area contributed by atoms with Crippen molar-refractivity contribution in [2.75, 3.05) is 20.1 Å². The van der Waals surface area contributed by atoms with E-state index in [4.69, 9.17) is 0 Å². The molecule has 0 N–H and O–H groups in total. The largest absolute Gasteiger partial charge is 0.302 e. The third kappa shape index (κ3) is 2.36. The summed E-state index contributed by atoms with van der Waals surface area (Å²) in [5.41, 5.74) is 4.36. The molecular formula is C15H16BrF2N. The minimum absolute atomic E-state index is 0.457. The molecule has 0 saturated heterocycles. The smallest absolute Gasteiger partial charge is 0.245 e. The Morgan fingerprint density at radius 2 is 2.16 bits per heavy atom. The van der Waals surface area contributed by atoms with Gasteiger partial charge in [-0.25, -0.2) is 8.78 Å². The van der Waals surface area contributed by atoms with Gasteiger partial charge in [0, 0.05) is 23.5 Å². The van der Waals surface area contributed by atoms with E-state index < -0.39 is 12.3 Å². The predicted molar refractivity (Wildman–Crippen MR) is 76.4 cm³/mol. The van der Waals surface area contributed by atoms with Crippen LogP contribution < -0.4 is 0 Å². The van der Waals surface area contributed by atoms with Gasteiger partial charge in [0.25, 0.3) is 0 Å². The van der Waals surface area contributed by atoms with Gasteiger partial charge in [0.1, 0.15) is 0 Å². The summed E-state index contributed by atoms with van der Waals surface area (Å²) in [6.07, 6.45) is -0.938. The molecule has 4 heteroatoms. The third-order valence-corrected chi connectivity index (χ3v) is 4.65. The molecule has 1 unspecified atom stereocenters. The number of likely N-dealkylation sites (N-methyl/N-ethyl adjacent to an activating group) is 1. The monoisotopic (exact) mass is 327 g/mol. The standard InChI is InChI=1S/C15H16BrF2N/c1-19-5-4-12-11-3-2-10(16)6-9(11)7-13(15(17)18)14(12)8-19/h2-3,6,13,15H,4-5,7-8H2,1H3. The summed E-state index contributed by atoms with van der Waals surface area (Å²) < 4.78 is 27.7. The van der Waals surface area contributed by atoms with Crippen molar-refractivity contribution >= 4 is 21.5 Å². The maximum Gasteiger partial charge on any atom is 0.245 e. The summed E-state index contributed by atoms with van der Waals surface area (Å²) in [5.74, 6) is -0.612. The van der Waals surface area contributed by atoms with Gasteiger partial charge in [0.05, 0.1) is 0 Å². The molecule has 1 heterocycles. The first kappa shape index (κ1) is 13.3. The highest BCUT2D eigenvalue weighted by atomic mass is 79.9. The number of hydrogen-bond acceptors (Lipinski definition) is 1. The molecule has 102 valence electrons. The van der Waals surface area contributed by atoms with Crippen LogP contribution in [0.2, 0.25) is 0 Å². The molecule has 0 aromatic heterocycles. The van der Waals surface area contributed by atoms with Gasteiger partial charge in [-0.2, -0.15) is 0 Å². The number of nitrogens with zero attached hydrogens (tertiary/aromatic N) is 1. The minimum Gasteiger partial charge on any atom is -0.302 e. The molecule has 1 atom stereocenters. The summed E-state index contributed by atoms with van der Waals surface area (Å²) in [4.78, 5) is 2.14. The zero-order chi connectivity index (χ0) is 13.6. The average molecular weight is 328 g/mol. The molecule has 1 aromatic rings. The van der Waals surface area contributed by atoms with Crippen molar-refractivity contribution < 1.29 is 8.78 Å². The molecule has 0 spiro atoms. The van der Waals surface area contributed by atoms with E-state index in [0.29, 0.717) is 13.0 Å². The van der Waals surface area contributed by atoms with Gasteiger partial charge >= 0.3 is 0 Å². The van der Waals surface area contributed by atoms with Crippen LogP contribution in [0.4, 0.5) is 8.78 Å². The van der Waals surface area contributed by atoms with E-state index in [-0.39, 0.29) is 0 Å². The molecule has 1 aliphatic heterocycles. The number of hydrogen-bond donors (Lipinski definition) is 0. The molecule has 1 aliphatic carbocycles. The molecular weight excluding hydrogens is 312 g/mol. The molecule has 0 saturated carbocycles. The van der Waals surface area contributed by atoms with Crippen molar-refractivity contribution in [1.82, 2.24) is 4.90 Å². The van der Waals surface area contributed by atoms with Crippen LogP contribution in [0, 0.1) is 5.92 Å². The van der Waals surface area contributed by atoms with Crippen molar-refractivity contribution in [3.63, 3.8) is 0 Å². The molecule has 0 amide bonds. The van der Waals surface area contributed by atoms with E-state index in [1.54, 1.807) is 0 Å². The highest BCUT2D eigenvalue weighted by Gasteiger charge is 2.35. The summed E-state index contributed by atoms with van der Waals surface area (Å²) >= 11 is 3.43. The van der Waals surface area contributed by atoms with Gasteiger partial charge in [-0.15, -0.1) is 0 Å². The summed E-state index contributed by atoms with van der Waals surface area (Å²) in [6, 6.07) is 6.07. The Kier molecular flexibility index (Phi) is 3.48. The summed E-state index contributed by atoms with van der Waals surface area (Å²) in [7, 11) is 2.00. The number of rotatable bonds is 1. The lowest BCUT2D eigenvalue weighted by molar-refractivity contribution is 0.0892. The van der Waals surface area contributed by atoms with Gasteiger partial charge in [-0.05, 0) is 54.3 Å². The number of alkyl halides is 2. The van der Waals surface area contributed by atoms with E-state index in [1.807, 2.05) is 19.2 Å². The fourth-order valence-corrected chi connectivity index (χ4v) is 3.61. The second kappa shape index (κ2) is 4.98. The first-order valence-electron chi connectivity index (χ1n) is 6.53. The Labute approximate surface area is 120 Å². The molecule has 0 fully saturated rings. The van der Waals surface area contributed by atoms with Crippen LogP contribution in [0.3, 0.4) is 0 Å². The average Bonchev–Trinajstić information content (AvgIpc) is 2.37. The second-order valence-corrected chi connectivity index (χ2v) is 6.35. The van der Waals surface area contributed by atoms with Gasteiger partial charge in [-0.1, -0.05) is 22.0 Å². The van der Waals surface area contributed by atoms with E-state index in [9.17, 15) is 8.78 Å². The molecule has 3 rings (SSSR count). The van der Waals surface area contributed by atoms with E-state index in [0.717, 1.165) is 34.1 Å². The quantitative estimate of drug-likeness (QED) is 0.754. The van der Waals surface area contributed by atoms with Crippen molar-refractivity contribution in [1.29, 1.82) is 0 Å². The van der Waals surface area contributed by atoms with Crippen LogP contribution in [-0.4, -0.2) is 31.5 Å². The number of fused-ring (bicyclic) bond motifs is 2. The molecule has 1 aromatic carbocycles. The van der Waals surface area contributed by atoms with Crippen molar-refractivity contribution in [2.24, 2.45) is 5.92 Å². The first-order valence-corrected chi connectivity index (χ1v) is 7.33. The number of halogens is 3. The topological polar surface area (TPSA) is 3.24 Å². The van der Waals surface area contributed by atoms with Crippen LogP contribution in [0.15, 0.2) is 28.2 Å². The maximum atomic E-state index is 13.3. The van der Waals surface area contributed by atoms with Crippen LogP contribution in [0.1, 0.15) is 17.5 Å². The van der Waals surface area contributed by atoms with E-state index >= 15 is 0 Å². The van der Waals surface area contributed by atoms with E-state index in [2.05, 4.69) is 26.9 Å². The van der Waals surface area contributed by atoms with Crippen LogP contribution in [0.5, 0.6) is 0 Å². The molecule has 1 nitrogen and oxygen atoms in total. The van der Waals surface area contributed by atoms with Crippen LogP contribution >= 0.6 is 15.9 Å². The van der Waals surface area contributed by atoms with Gasteiger partial charge in [-0.3, -0.25) is 0 Å². The Morgan fingerprint density at radius 1 is 1.37 bits per heavy atom. The normalized spacial score (nSPS) is 23.5. The molecule has 2 aliphatic rings. The van der Waals surface area contributed by atoms with Crippen LogP contribution in [0.25, 0.3) is 5.57 Å². The Bertz CT molecular complexity index is 539. The lowest BCUT2D eigenvalue weighted by Crippen LogP contribution is -2.35. The lowest BCUT2D eigenvalue weighted by Gasteiger charge is -2.36. The van der Waals surface area contributed by atoms with Crippen molar-refractivity contribution in [2.45, 2.75) is 19.3 Å². The summed E-state index contributed by atoms with van der Waals surface area (Å²) in [5, 5.41) is 0. The van der Waals surface area contributed by atoms with E-state index in [1.165, 1.54) is 5.56 Å². The highest BCUT2D eigenvalue weighted by Crippen LogP contribution is 2.42. The van der Waals surface area contributed by atoms with Gasteiger partial charge < -0.3 is 4.90 Å². The summed E-state index contributed by atoms with van der Waals surface area (Å²) in [6.45, 7) is 1.63. The number of benzene rings is 1. The fourth-order valence-electron chi connectivity index (χ4n) is 3.20. The minimum atomic E-state index is -2.27. The van der Waals surface area contributed by atoms with Gasteiger partial charge in [0.15, 0.2) is 0 Å². The predicted octanol–water partition coefficient (Wildman–Crippen LogP) is 3.98. The van der Waals surface area contributed by atoms with Crippen LogP contribution in [-0.2, 0) is 6.42 Å². The molecule has 0 radical (unpaired) electrons. The van der Waals surface area contributed by atoms with Gasteiger partial charge in [0.2, 0.25) is 6.43 Å². The Balaban J connectivity index is 2.12. The first-order chi connectivity index (χ1) is 9.06. The second-order valence-electron chi connectivity index (χ2n) is 5.44. The highest BCUT2D eigenvalue weighted by molar-refractivity contribution is 9.10. The zero-order valence-electron chi connectivity index (χ0n) is 10.8. The zero-order valence-corrected chi connectivity index (χ0v) is 12.4. The molecule has 19 heavy (non-hydrogen) atoms. The van der Waals surface area contributed by atoms with Crippen molar-refractivity contribution in [3.05, 3.63) is 39.4 Å². The molecule has 0 bridgehead atoms. The lowest BCUT2D eigenvalue weighted by atomic mass is 9.76. The maximum absolute atomic E-state index is 13.3. The Morgan fingerprint density at radius 3 is 2.89 bits per heavy atom. The fraction of sp³-hybridized carbons (Fsp3) is 0.467. The van der Waals surface area contributed by atoms with Crippen molar-refractivity contribution in [3.8, 4) is 0 Å². The third-order valence-electron chi connectivity index (χ3n) is 4.16.